The highest BCUT2D eigenvalue weighted by molar-refractivity contribution is 5.13. The number of ether oxygens (including phenoxy) is 1. The van der Waals surface area contributed by atoms with Gasteiger partial charge in [0.2, 0.25) is 0 Å². The zero-order valence-electron chi connectivity index (χ0n) is 11.4. The topological polar surface area (TPSA) is 65.1 Å². The first-order valence-electron chi connectivity index (χ1n) is 5.95. The fourth-order valence-electron chi connectivity index (χ4n) is 2.06. The van der Waals surface area contributed by atoms with Gasteiger partial charge in [-0.2, -0.15) is 5.10 Å². The van der Waals surface area contributed by atoms with Crippen LogP contribution in [0.5, 0.6) is 0 Å². The van der Waals surface area contributed by atoms with Crippen molar-refractivity contribution in [3.05, 3.63) is 18.0 Å². The minimum Gasteiger partial charge on any atom is -0.379 e. The maximum Gasteiger partial charge on any atom is 0.0828 e. The second-order valence-electron chi connectivity index (χ2n) is 5.30. The summed E-state index contributed by atoms with van der Waals surface area (Å²) in [7, 11) is 1.71. The van der Waals surface area contributed by atoms with Crippen molar-refractivity contribution in [1.29, 1.82) is 0 Å². The Morgan fingerprint density at radius 1 is 1.53 bits per heavy atom. The summed E-state index contributed by atoms with van der Waals surface area (Å²) in [6.07, 6.45) is 3.83. The molecule has 98 valence electrons. The van der Waals surface area contributed by atoms with E-state index in [2.05, 4.69) is 38.2 Å². The number of nitrogens with one attached hydrogen (secondary N) is 1. The smallest absolute Gasteiger partial charge is 0.0828 e. The zero-order valence-corrected chi connectivity index (χ0v) is 11.4. The third-order valence-electron chi connectivity index (χ3n) is 2.93. The highest BCUT2D eigenvalue weighted by atomic mass is 16.5. The maximum absolute atomic E-state index is 5.66. The van der Waals surface area contributed by atoms with E-state index in [0.29, 0.717) is 0 Å². The van der Waals surface area contributed by atoms with Gasteiger partial charge in [-0.05, 0) is 12.3 Å². The van der Waals surface area contributed by atoms with Gasteiger partial charge < -0.3 is 4.74 Å². The minimum absolute atomic E-state index is 0.000101. The molecule has 2 unspecified atom stereocenters. The van der Waals surface area contributed by atoms with E-state index in [9.17, 15) is 0 Å². The van der Waals surface area contributed by atoms with E-state index in [1.54, 1.807) is 7.11 Å². The molecule has 0 saturated carbocycles. The van der Waals surface area contributed by atoms with Gasteiger partial charge in [-0.1, -0.05) is 20.8 Å². The van der Waals surface area contributed by atoms with Crippen LogP contribution in [0.4, 0.5) is 0 Å². The molecule has 2 atom stereocenters. The van der Waals surface area contributed by atoms with Crippen LogP contribution in [0.2, 0.25) is 0 Å². The van der Waals surface area contributed by atoms with Gasteiger partial charge in [-0.25, -0.2) is 0 Å². The van der Waals surface area contributed by atoms with Crippen molar-refractivity contribution in [2.45, 2.75) is 46.4 Å². The third-order valence-corrected chi connectivity index (χ3v) is 2.93. The van der Waals surface area contributed by atoms with E-state index in [1.165, 1.54) is 0 Å². The van der Waals surface area contributed by atoms with E-state index in [0.717, 1.165) is 12.1 Å². The highest BCUT2D eigenvalue weighted by Gasteiger charge is 2.33. The molecular weight excluding hydrogens is 216 g/mol. The van der Waals surface area contributed by atoms with Crippen LogP contribution >= 0.6 is 0 Å². The standard InChI is InChI=1S/C12H24N4O/c1-6-16-8-9(7-14-16)10(15-13)11(17-5)12(2,3)4/h7-8,10-11,15H,6,13H2,1-5H3. The van der Waals surface area contributed by atoms with Gasteiger partial charge in [-0.15, -0.1) is 0 Å². The number of hydrazine groups is 1. The molecule has 0 aliphatic carbocycles. The molecule has 0 fully saturated rings. The van der Waals surface area contributed by atoms with Crippen LogP contribution in [0, 0.1) is 5.41 Å². The Balaban J connectivity index is 2.96. The predicted octanol–water partition coefficient (Wildman–Crippen LogP) is 1.47. The summed E-state index contributed by atoms with van der Waals surface area (Å²) in [5, 5.41) is 4.27. The van der Waals surface area contributed by atoms with Crippen molar-refractivity contribution in [3.63, 3.8) is 0 Å². The number of aryl methyl sites for hydroxylation is 1. The molecule has 1 heterocycles. The van der Waals surface area contributed by atoms with E-state index in [4.69, 9.17) is 10.6 Å². The van der Waals surface area contributed by atoms with Crippen LogP contribution in [0.1, 0.15) is 39.3 Å². The Morgan fingerprint density at radius 3 is 2.53 bits per heavy atom. The quantitative estimate of drug-likeness (QED) is 0.604. The van der Waals surface area contributed by atoms with Gasteiger partial charge in [0.15, 0.2) is 0 Å². The van der Waals surface area contributed by atoms with Crippen molar-refractivity contribution in [3.8, 4) is 0 Å². The van der Waals surface area contributed by atoms with Gasteiger partial charge in [0, 0.05) is 25.4 Å². The lowest BCUT2D eigenvalue weighted by Gasteiger charge is -2.35. The monoisotopic (exact) mass is 240 g/mol. The van der Waals surface area contributed by atoms with E-state index < -0.39 is 0 Å². The molecule has 0 radical (unpaired) electrons. The number of nitrogens with zero attached hydrogens (tertiary/aromatic N) is 2. The summed E-state index contributed by atoms with van der Waals surface area (Å²) in [4.78, 5) is 0. The van der Waals surface area contributed by atoms with Gasteiger partial charge >= 0.3 is 0 Å². The average molecular weight is 240 g/mol. The average Bonchev–Trinajstić information content (AvgIpc) is 2.72. The molecule has 1 aromatic rings. The van der Waals surface area contributed by atoms with Crippen molar-refractivity contribution >= 4 is 0 Å². The molecule has 5 heteroatoms. The van der Waals surface area contributed by atoms with Gasteiger partial charge in [-0.3, -0.25) is 16.0 Å². The molecule has 17 heavy (non-hydrogen) atoms. The molecular formula is C12H24N4O. The molecule has 0 bridgehead atoms. The number of nitrogens with two attached hydrogens (primary N) is 1. The minimum atomic E-state index is -0.0553. The lowest BCUT2D eigenvalue weighted by atomic mass is 9.83. The van der Waals surface area contributed by atoms with Crippen LogP contribution in [0.25, 0.3) is 0 Å². The third kappa shape index (κ3) is 3.28. The summed E-state index contributed by atoms with van der Waals surface area (Å²) < 4.78 is 7.47. The number of hydrogen-bond acceptors (Lipinski definition) is 4. The summed E-state index contributed by atoms with van der Waals surface area (Å²) in [5.41, 5.74) is 3.89. The summed E-state index contributed by atoms with van der Waals surface area (Å²) in [6.45, 7) is 9.31. The lowest BCUT2D eigenvalue weighted by Crippen LogP contribution is -2.44. The molecule has 0 amide bonds. The Kier molecular flexibility index (Phi) is 4.68. The largest absolute Gasteiger partial charge is 0.379 e. The number of hydrogen-bond donors (Lipinski definition) is 2. The molecule has 5 nitrogen and oxygen atoms in total. The predicted molar refractivity (Wildman–Crippen MR) is 68.2 cm³/mol. The van der Waals surface area contributed by atoms with Gasteiger partial charge in [0.1, 0.15) is 0 Å². The normalized spacial score (nSPS) is 15.9. The number of aromatic nitrogens is 2. The summed E-state index contributed by atoms with van der Waals surface area (Å²) >= 11 is 0. The first-order valence-corrected chi connectivity index (χ1v) is 5.95. The second-order valence-corrected chi connectivity index (χ2v) is 5.30. The maximum atomic E-state index is 5.66. The Bertz CT molecular complexity index is 343. The highest BCUT2D eigenvalue weighted by Crippen LogP contribution is 2.31. The van der Waals surface area contributed by atoms with E-state index >= 15 is 0 Å². The SMILES string of the molecule is CCn1cc(C(NN)C(OC)C(C)(C)C)cn1. The summed E-state index contributed by atoms with van der Waals surface area (Å²) in [5.74, 6) is 5.66. The fourth-order valence-corrected chi connectivity index (χ4v) is 2.06. The van der Waals surface area contributed by atoms with Crippen LogP contribution in [-0.4, -0.2) is 23.0 Å². The van der Waals surface area contributed by atoms with Crippen molar-refractivity contribution in [2.24, 2.45) is 11.3 Å². The molecule has 0 aliphatic heterocycles. The van der Waals surface area contributed by atoms with Crippen LogP contribution < -0.4 is 11.3 Å². The molecule has 1 aromatic heterocycles. The first-order chi connectivity index (χ1) is 7.93. The van der Waals surface area contributed by atoms with E-state index in [-0.39, 0.29) is 17.6 Å². The molecule has 0 aromatic carbocycles. The number of rotatable bonds is 5. The van der Waals surface area contributed by atoms with Crippen molar-refractivity contribution in [2.75, 3.05) is 7.11 Å². The first kappa shape index (κ1) is 14.2. The second kappa shape index (κ2) is 5.62. The van der Waals surface area contributed by atoms with Gasteiger partial charge in [0.05, 0.1) is 18.3 Å². The number of methoxy groups -OCH3 is 1. The fraction of sp³-hybridized carbons (Fsp3) is 0.750. The lowest BCUT2D eigenvalue weighted by molar-refractivity contribution is -0.0120. The van der Waals surface area contributed by atoms with Crippen molar-refractivity contribution in [1.82, 2.24) is 15.2 Å². The summed E-state index contributed by atoms with van der Waals surface area (Å²) in [6, 6.07) is -0.0553. The molecule has 3 N–H and O–H groups in total. The van der Waals surface area contributed by atoms with Gasteiger partial charge in [0.25, 0.3) is 0 Å². The van der Waals surface area contributed by atoms with Crippen LogP contribution in [-0.2, 0) is 11.3 Å². The molecule has 0 aliphatic rings. The molecule has 1 rings (SSSR count). The molecule has 0 saturated heterocycles. The van der Waals surface area contributed by atoms with Crippen LogP contribution in [0.15, 0.2) is 12.4 Å². The Morgan fingerprint density at radius 2 is 2.18 bits per heavy atom. The Labute approximate surface area is 103 Å². The van der Waals surface area contributed by atoms with E-state index in [1.807, 2.05) is 17.1 Å². The Hall–Kier alpha value is -0.910. The van der Waals surface area contributed by atoms with Crippen molar-refractivity contribution < 1.29 is 4.74 Å². The molecule has 0 spiro atoms. The van der Waals surface area contributed by atoms with Crippen LogP contribution in [0.3, 0.4) is 0 Å². The zero-order chi connectivity index (χ0) is 13.1.